The Labute approximate surface area is 96.7 Å². The van der Waals surface area contributed by atoms with Crippen molar-refractivity contribution in [2.45, 2.75) is 24.6 Å². The van der Waals surface area contributed by atoms with Crippen LogP contribution in [-0.4, -0.2) is 28.1 Å². The second-order valence-electron chi connectivity index (χ2n) is 3.72. The van der Waals surface area contributed by atoms with E-state index in [1.54, 1.807) is 16.8 Å². The van der Waals surface area contributed by atoms with Crippen LogP contribution < -0.4 is 4.90 Å². The fraction of sp³-hybridized carbons (Fsp3) is 0.778. The van der Waals surface area contributed by atoms with E-state index in [-0.39, 0.29) is 0 Å². The Kier molecular flexibility index (Phi) is 3.38. The standard InChI is InChI=1S/C9H14BrN3S/c1-7(10)8-2-4-13(5-3-8)9-12-11-6-14-9/h6-8H,2-5H2,1H3. The van der Waals surface area contributed by atoms with Crippen LogP contribution in [0.1, 0.15) is 19.8 Å². The molecule has 14 heavy (non-hydrogen) atoms. The van der Waals surface area contributed by atoms with Gasteiger partial charge in [-0.3, -0.25) is 0 Å². The fourth-order valence-corrected chi connectivity index (χ4v) is 3.00. The highest BCUT2D eigenvalue weighted by molar-refractivity contribution is 9.09. The van der Waals surface area contributed by atoms with E-state index in [1.165, 1.54) is 12.8 Å². The smallest absolute Gasteiger partial charge is 0.208 e. The van der Waals surface area contributed by atoms with Crippen molar-refractivity contribution in [2.75, 3.05) is 18.0 Å². The van der Waals surface area contributed by atoms with Gasteiger partial charge in [0.05, 0.1) is 0 Å². The molecule has 78 valence electrons. The predicted octanol–water partition coefficient (Wildman–Crippen LogP) is 2.54. The Morgan fingerprint density at radius 3 is 2.79 bits per heavy atom. The van der Waals surface area contributed by atoms with E-state index in [1.807, 2.05) is 0 Å². The van der Waals surface area contributed by atoms with Gasteiger partial charge in [-0.25, -0.2) is 0 Å². The van der Waals surface area contributed by atoms with Crippen LogP contribution in [0.3, 0.4) is 0 Å². The average molecular weight is 276 g/mol. The van der Waals surface area contributed by atoms with Gasteiger partial charge in [-0.2, -0.15) is 0 Å². The molecule has 5 heteroatoms. The third-order valence-electron chi connectivity index (χ3n) is 2.81. The molecule has 1 unspecified atom stereocenters. The summed E-state index contributed by atoms with van der Waals surface area (Å²) in [6.07, 6.45) is 2.51. The number of piperidine rings is 1. The lowest BCUT2D eigenvalue weighted by atomic mass is 9.95. The molecule has 0 spiro atoms. The van der Waals surface area contributed by atoms with E-state index in [2.05, 4.69) is 38.0 Å². The van der Waals surface area contributed by atoms with Gasteiger partial charge in [0.2, 0.25) is 5.13 Å². The number of rotatable bonds is 2. The molecule has 1 aliphatic rings. The summed E-state index contributed by atoms with van der Waals surface area (Å²) in [5, 5.41) is 9.04. The van der Waals surface area contributed by atoms with Gasteiger partial charge >= 0.3 is 0 Å². The molecule has 1 saturated heterocycles. The highest BCUT2D eigenvalue weighted by Gasteiger charge is 2.23. The number of alkyl halides is 1. The van der Waals surface area contributed by atoms with Crippen molar-refractivity contribution in [1.82, 2.24) is 10.2 Å². The lowest BCUT2D eigenvalue weighted by Gasteiger charge is -2.32. The Morgan fingerprint density at radius 1 is 1.57 bits per heavy atom. The van der Waals surface area contributed by atoms with Crippen LogP contribution in [0.2, 0.25) is 0 Å². The summed E-state index contributed by atoms with van der Waals surface area (Å²) in [5.74, 6) is 0.819. The predicted molar refractivity (Wildman–Crippen MR) is 63.2 cm³/mol. The lowest BCUT2D eigenvalue weighted by molar-refractivity contribution is 0.406. The van der Waals surface area contributed by atoms with Crippen molar-refractivity contribution >= 4 is 32.4 Å². The minimum absolute atomic E-state index is 0.638. The quantitative estimate of drug-likeness (QED) is 0.777. The van der Waals surface area contributed by atoms with Crippen LogP contribution in [0.15, 0.2) is 5.51 Å². The van der Waals surface area contributed by atoms with Gasteiger partial charge in [-0.1, -0.05) is 34.2 Å². The van der Waals surface area contributed by atoms with Crippen molar-refractivity contribution in [1.29, 1.82) is 0 Å². The monoisotopic (exact) mass is 275 g/mol. The van der Waals surface area contributed by atoms with Gasteiger partial charge in [0.25, 0.3) is 0 Å². The molecule has 0 radical (unpaired) electrons. The Hall–Kier alpha value is -0.160. The Morgan fingerprint density at radius 2 is 2.29 bits per heavy atom. The molecule has 0 aromatic carbocycles. The van der Waals surface area contributed by atoms with Gasteiger partial charge in [0.1, 0.15) is 5.51 Å². The molecule has 3 nitrogen and oxygen atoms in total. The Balaban J connectivity index is 1.90. The molecule has 1 fully saturated rings. The summed E-state index contributed by atoms with van der Waals surface area (Å²) in [6, 6.07) is 0. The molecule has 0 aliphatic carbocycles. The summed E-state index contributed by atoms with van der Waals surface area (Å²) in [7, 11) is 0. The largest absolute Gasteiger partial charge is 0.347 e. The van der Waals surface area contributed by atoms with E-state index >= 15 is 0 Å². The van der Waals surface area contributed by atoms with Crippen LogP contribution in [0.4, 0.5) is 5.13 Å². The van der Waals surface area contributed by atoms with Crippen LogP contribution in [-0.2, 0) is 0 Å². The van der Waals surface area contributed by atoms with E-state index < -0.39 is 0 Å². The maximum absolute atomic E-state index is 4.09. The zero-order valence-corrected chi connectivity index (χ0v) is 10.6. The molecule has 2 rings (SSSR count). The highest BCUT2D eigenvalue weighted by Crippen LogP contribution is 2.28. The number of nitrogens with zero attached hydrogens (tertiary/aromatic N) is 3. The van der Waals surface area contributed by atoms with E-state index in [0.717, 1.165) is 24.1 Å². The topological polar surface area (TPSA) is 29.0 Å². The summed E-state index contributed by atoms with van der Waals surface area (Å²) in [6.45, 7) is 4.48. The molecule has 0 saturated carbocycles. The van der Waals surface area contributed by atoms with Crippen molar-refractivity contribution in [3.05, 3.63) is 5.51 Å². The first-order chi connectivity index (χ1) is 6.77. The number of aromatic nitrogens is 2. The zero-order valence-electron chi connectivity index (χ0n) is 8.19. The number of anilines is 1. The van der Waals surface area contributed by atoms with Gasteiger partial charge in [-0.05, 0) is 18.8 Å². The van der Waals surface area contributed by atoms with E-state index in [0.29, 0.717) is 4.83 Å². The van der Waals surface area contributed by atoms with Gasteiger partial charge in [0.15, 0.2) is 0 Å². The molecule has 1 atom stereocenters. The first kappa shape index (κ1) is 10.4. The first-order valence-corrected chi connectivity index (χ1v) is 6.72. The molecule has 1 aromatic rings. The highest BCUT2D eigenvalue weighted by atomic mass is 79.9. The van der Waals surface area contributed by atoms with Gasteiger partial charge < -0.3 is 4.90 Å². The average Bonchev–Trinajstić information content (AvgIpc) is 2.71. The normalized spacial score (nSPS) is 21.1. The molecule has 1 aliphatic heterocycles. The second kappa shape index (κ2) is 4.57. The van der Waals surface area contributed by atoms with Crippen molar-refractivity contribution in [3.8, 4) is 0 Å². The molecule has 2 heterocycles. The SMILES string of the molecule is CC(Br)C1CCN(c2nncs2)CC1. The third kappa shape index (κ3) is 2.25. The van der Waals surface area contributed by atoms with Crippen LogP contribution in [0, 0.1) is 5.92 Å². The zero-order chi connectivity index (χ0) is 9.97. The van der Waals surface area contributed by atoms with Crippen LogP contribution >= 0.6 is 27.3 Å². The molecule has 0 N–H and O–H groups in total. The second-order valence-corrected chi connectivity index (χ2v) is 5.98. The first-order valence-electron chi connectivity index (χ1n) is 4.92. The van der Waals surface area contributed by atoms with Crippen molar-refractivity contribution in [2.24, 2.45) is 5.92 Å². The molecule has 0 bridgehead atoms. The van der Waals surface area contributed by atoms with E-state index in [4.69, 9.17) is 0 Å². The minimum Gasteiger partial charge on any atom is -0.347 e. The molecular weight excluding hydrogens is 262 g/mol. The number of halogens is 1. The molecule has 0 amide bonds. The minimum atomic E-state index is 0.638. The lowest BCUT2D eigenvalue weighted by Crippen LogP contribution is -2.35. The summed E-state index contributed by atoms with van der Waals surface area (Å²) >= 11 is 5.29. The van der Waals surface area contributed by atoms with Gasteiger partial charge in [0, 0.05) is 17.9 Å². The Bertz CT molecular complexity index is 268. The molecular formula is C9H14BrN3S. The van der Waals surface area contributed by atoms with Crippen molar-refractivity contribution in [3.63, 3.8) is 0 Å². The summed E-state index contributed by atoms with van der Waals surface area (Å²) in [4.78, 5) is 2.97. The molecule has 1 aromatic heterocycles. The van der Waals surface area contributed by atoms with Crippen molar-refractivity contribution < 1.29 is 0 Å². The van der Waals surface area contributed by atoms with Crippen LogP contribution in [0.5, 0.6) is 0 Å². The summed E-state index contributed by atoms with van der Waals surface area (Å²) in [5.41, 5.74) is 1.80. The summed E-state index contributed by atoms with van der Waals surface area (Å²) < 4.78 is 0. The maximum Gasteiger partial charge on any atom is 0.208 e. The number of hydrogen-bond acceptors (Lipinski definition) is 4. The third-order valence-corrected chi connectivity index (χ3v) is 4.31. The van der Waals surface area contributed by atoms with Crippen LogP contribution in [0.25, 0.3) is 0 Å². The maximum atomic E-state index is 4.09. The fourth-order valence-electron chi connectivity index (χ4n) is 1.86. The number of hydrogen-bond donors (Lipinski definition) is 0. The van der Waals surface area contributed by atoms with E-state index in [9.17, 15) is 0 Å². The van der Waals surface area contributed by atoms with Gasteiger partial charge in [-0.15, -0.1) is 10.2 Å².